The molecule has 0 aliphatic carbocycles. The second kappa shape index (κ2) is 10.1. The van der Waals surface area contributed by atoms with E-state index in [0.29, 0.717) is 5.56 Å². The van der Waals surface area contributed by atoms with Gasteiger partial charge in [-0.2, -0.15) is 0 Å². The van der Waals surface area contributed by atoms with E-state index in [1.165, 1.54) is 0 Å². The fraction of sp³-hybridized carbons (Fsp3) is 0.222. The molecular formula is C27H26N2O4. The molecule has 0 saturated carbocycles. The van der Waals surface area contributed by atoms with E-state index < -0.39 is 12.0 Å². The summed E-state index contributed by atoms with van der Waals surface area (Å²) in [5, 5.41) is 2.76. The molecule has 1 aliphatic rings. The summed E-state index contributed by atoms with van der Waals surface area (Å²) in [6.45, 7) is 1.59. The van der Waals surface area contributed by atoms with Crippen molar-refractivity contribution in [3.05, 3.63) is 102 Å². The average Bonchev–Trinajstić information content (AvgIpc) is 3.18. The Morgan fingerprint density at radius 3 is 2.30 bits per heavy atom. The number of anilines is 1. The minimum Gasteiger partial charge on any atom is -0.454 e. The minimum atomic E-state index is -0.920. The molecule has 0 saturated heterocycles. The van der Waals surface area contributed by atoms with Crippen LogP contribution in [0.15, 0.2) is 84.9 Å². The number of hydrogen-bond acceptors (Lipinski definition) is 4. The van der Waals surface area contributed by atoms with E-state index in [1.54, 1.807) is 29.2 Å². The lowest BCUT2D eigenvalue weighted by molar-refractivity contribution is -0.149. The number of amides is 2. The zero-order valence-corrected chi connectivity index (χ0v) is 18.4. The fourth-order valence-electron chi connectivity index (χ4n) is 4.12. The van der Waals surface area contributed by atoms with E-state index in [9.17, 15) is 14.4 Å². The quantitative estimate of drug-likeness (QED) is 0.568. The van der Waals surface area contributed by atoms with Gasteiger partial charge in [-0.1, -0.05) is 66.7 Å². The molecule has 0 radical (unpaired) electrons. The topological polar surface area (TPSA) is 75.7 Å². The Hall–Kier alpha value is -3.93. The maximum atomic E-state index is 13.0. The minimum absolute atomic E-state index is 0.00787. The largest absolute Gasteiger partial charge is 0.454 e. The van der Waals surface area contributed by atoms with Gasteiger partial charge in [0.05, 0.1) is 0 Å². The molecule has 3 aromatic carbocycles. The molecule has 0 fully saturated rings. The van der Waals surface area contributed by atoms with Crippen LogP contribution in [-0.2, 0) is 27.2 Å². The summed E-state index contributed by atoms with van der Waals surface area (Å²) in [5.41, 5.74) is 3.27. The summed E-state index contributed by atoms with van der Waals surface area (Å²) >= 11 is 0. The van der Waals surface area contributed by atoms with E-state index >= 15 is 0 Å². The zero-order valence-electron chi connectivity index (χ0n) is 18.4. The molecule has 4 rings (SSSR count). The molecule has 1 N–H and O–H groups in total. The Morgan fingerprint density at radius 1 is 0.939 bits per heavy atom. The number of hydrogen-bond donors (Lipinski definition) is 1. The van der Waals surface area contributed by atoms with Crippen molar-refractivity contribution in [1.82, 2.24) is 5.32 Å². The van der Waals surface area contributed by atoms with Crippen molar-refractivity contribution < 1.29 is 19.1 Å². The third-order valence-corrected chi connectivity index (χ3v) is 5.72. The Labute approximate surface area is 193 Å². The first-order valence-corrected chi connectivity index (χ1v) is 11.0. The number of ether oxygens (including phenoxy) is 1. The summed E-state index contributed by atoms with van der Waals surface area (Å²) in [4.78, 5) is 40.2. The van der Waals surface area contributed by atoms with Crippen LogP contribution in [0.5, 0.6) is 0 Å². The van der Waals surface area contributed by atoms with E-state index in [1.807, 2.05) is 67.6 Å². The van der Waals surface area contributed by atoms with Crippen molar-refractivity contribution >= 4 is 23.5 Å². The van der Waals surface area contributed by atoms with Crippen LogP contribution in [0.25, 0.3) is 0 Å². The van der Waals surface area contributed by atoms with Crippen molar-refractivity contribution in [2.24, 2.45) is 0 Å². The highest BCUT2D eigenvalue weighted by atomic mass is 16.5. The second-order valence-corrected chi connectivity index (χ2v) is 8.14. The van der Waals surface area contributed by atoms with Crippen molar-refractivity contribution in [3.63, 3.8) is 0 Å². The fourth-order valence-corrected chi connectivity index (χ4v) is 4.12. The Balaban J connectivity index is 1.44. The molecule has 3 aromatic rings. The Kier molecular flexibility index (Phi) is 6.83. The lowest BCUT2D eigenvalue weighted by atomic mass is 10.1. The number of para-hydroxylation sites is 1. The molecular weight excluding hydrogens is 416 g/mol. The van der Waals surface area contributed by atoms with Crippen LogP contribution in [0, 0.1) is 0 Å². The molecule has 2 amide bonds. The predicted molar refractivity (Wildman–Crippen MR) is 126 cm³/mol. The first-order valence-electron chi connectivity index (χ1n) is 11.0. The van der Waals surface area contributed by atoms with E-state index in [2.05, 4.69) is 5.32 Å². The molecule has 6 nitrogen and oxygen atoms in total. The van der Waals surface area contributed by atoms with Gasteiger partial charge in [-0.25, -0.2) is 4.79 Å². The number of esters is 1. The van der Waals surface area contributed by atoms with Gasteiger partial charge in [0.1, 0.15) is 6.04 Å². The van der Waals surface area contributed by atoms with Gasteiger partial charge in [0.15, 0.2) is 6.61 Å². The molecule has 6 heteroatoms. The van der Waals surface area contributed by atoms with E-state index in [0.717, 1.165) is 23.2 Å². The summed E-state index contributed by atoms with van der Waals surface area (Å²) in [5.74, 6) is -1.30. The molecule has 2 atom stereocenters. The van der Waals surface area contributed by atoms with Crippen LogP contribution >= 0.6 is 0 Å². The summed E-state index contributed by atoms with van der Waals surface area (Å²) in [6.07, 6.45) is 1.02. The SMILES string of the molecule is CC1Cc2ccccc2N1C(=O)COC(=O)C(Cc1ccccc1)NC(=O)c1ccccc1. The third kappa shape index (κ3) is 5.29. The highest BCUT2D eigenvalue weighted by Crippen LogP contribution is 2.31. The van der Waals surface area contributed by atoms with Gasteiger partial charge < -0.3 is 15.0 Å². The number of nitrogens with zero attached hydrogens (tertiary/aromatic N) is 1. The van der Waals surface area contributed by atoms with Gasteiger partial charge in [-0.3, -0.25) is 9.59 Å². The van der Waals surface area contributed by atoms with Gasteiger partial charge in [-0.15, -0.1) is 0 Å². The number of carbonyl (C=O) groups excluding carboxylic acids is 3. The third-order valence-electron chi connectivity index (χ3n) is 5.72. The molecule has 0 bridgehead atoms. The van der Waals surface area contributed by atoms with Gasteiger partial charge >= 0.3 is 5.97 Å². The van der Waals surface area contributed by atoms with Gasteiger partial charge in [0.25, 0.3) is 11.8 Å². The molecule has 168 valence electrons. The van der Waals surface area contributed by atoms with Crippen molar-refractivity contribution in [1.29, 1.82) is 0 Å². The highest BCUT2D eigenvalue weighted by Gasteiger charge is 2.32. The first kappa shape index (κ1) is 22.3. The number of nitrogens with one attached hydrogen (secondary N) is 1. The van der Waals surface area contributed by atoms with Crippen LogP contribution < -0.4 is 10.2 Å². The van der Waals surface area contributed by atoms with E-state index in [-0.39, 0.29) is 30.9 Å². The molecule has 1 heterocycles. The monoisotopic (exact) mass is 442 g/mol. The first-order chi connectivity index (χ1) is 16.0. The number of carbonyl (C=O) groups is 3. The summed E-state index contributed by atoms with van der Waals surface area (Å²) in [7, 11) is 0. The summed E-state index contributed by atoms with van der Waals surface area (Å²) in [6, 6.07) is 24.9. The lowest BCUT2D eigenvalue weighted by Gasteiger charge is -2.23. The highest BCUT2D eigenvalue weighted by molar-refractivity contribution is 5.99. The number of benzene rings is 3. The van der Waals surface area contributed by atoms with Crippen LogP contribution in [0.2, 0.25) is 0 Å². The standard InChI is InChI=1S/C27H26N2O4/c1-19-16-22-14-8-9-15-24(22)29(19)25(30)18-33-27(32)23(17-20-10-4-2-5-11-20)28-26(31)21-12-6-3-7-13-21/h2-15,19,23H,16-18H2,1H3,(H,28,31). The Bertz CT molecular complexity index is 1130. The van der Waals surface area contributed by atoms with E-state index in [4.69, 9.17) is 4.74 Å². The number of fused-ring (bicyclic) bond motifs is 1. The maximum absolute atomic E-state index is 13.0. The molecule has 2 unspecified atom stereocenters. The lowest BCUT2D eigenvalue weighted by Crippen LogP contribution is -2.45. The van der Waals surface area contributed by atoms with Crippen LogP contribution in [0.4, 0.5) is 5.69 Å². The summed E-state index contributed by atoms with van der Waals surface area (Å²) < 4.78 is 5.41. The van der Waals surface area contributed by atoms with Crippen molar-refractivity contribution in [2.45, 2.75) is 31.8 Å². The van der Waals surface area contributed by atoms with Gasteiger partial charge in [-0.05, 0) is 42.7 Å². The van der Waals surface area contributed by atoms with Crippen LogP contribution in [0.3, 0.4) is 0 Å². The molecule has 0 spiro atoms. The second-order valence-electron chi connectivity index (χ2n) is 8.14. The maximum Gasteiger partial charge on any atom is 0.329 e. The normalized spacial score (nSPS) is 15.4. The molecule has 0 aromatic heterocycles. The predicted octanol–water partition coefficient (Wildman–Crippen LogP) is 3.55. The van der Waals surface area contributed by atoms with Gasteiger partial charge in [0.2, 0.25) is 0 Å². The zero-order chi connectivity index (χ0) is 23.2. The van der Waals surface area contributed by atoms with Crippen molar-refractivity contribution in [3.8, 4) is 0 Å². The molecule has 1 aliphatic heterocycles. The Morgan fingerprint density at radius 2 is 1.58 bits per heavy atom. The molecule has 33 heavy (non-hydrogen) atoms. The van der Waals surface area contributed by atoms with Crippen molar-refractivity contribution in [2.75, 3.05) is 11.5 Å². The van der Waals surface area contributed by atoms with Gasteiger partial charge in [0, 0.05) is 23.7 Å². The average molecular weight is 443 g/mol. The smallest absolute Gasteiger partial charge is 0.329 e. The van der Waals surface area contributed by atoms with Crippen LogP contribution in [-0.4, -0.2) is 36.5 Å². The number of rotatable bonds is 7. The van der Waals surface area contributed by atoms with Crippen LogP contribution in [0.1, 0.15) is 28.4 Å².